The zero-order valence-corrected chi connectivity index (χ0v) is 9.13. The zero-order chi connectivity index (χ0) is 6.69. The van der Waals surface area contributed by atoms with Gasteiger partial charge in [-0.05, 0) is 12.5 Å². The van der Waals surface area contributed by atoms with Crippen LogP contribution < -0.4 is 0 Å². The fourth-order valence-electron chi connectivity index (χ4n) is 1.38. The van der Waals surface area contributed by atoms with Gasteiger partial charge >= 0.3 is 0 Å². The van der Waals surface area contributed by atoms with Crippen molar-refractivity contribution in [3.05, 3.63) is 6.92 Å². The first kappa shape index (κ1) is 10.8. The van der Waals surface area contributed by atoms with E-state index in [1.807, 2.05) is 0 Å². The molecular formula is C8H13NY-2. The smallest absolute Gasteiger partial charge is 0 e. The van der Waals surface area contributed by atoms with Gasteiger partial charge in [-0.15, -0.1) is 0 Å². The summed E-state index contributed by atoms with van der Waals surface area (Å²) in [5.41, 5.74) is 0. The van der Waals surface area contributed by atoms with Crippen LogP contribution in [-0.4, -0.2) is 12.8 Å². The molecule has 2 heteroatoms. The van der Waals surface area contributed by atoms with Crippen molar-refractivity contribution in [3.8, 4) is 0 Å². The molecule has 0 aromatic rings. The van der Waals surface area contributed by atoms with Gasteiger partial charge in [0.25, 0.3) is 0 Å². The molecule has 1 fully saturated rings. The summed E-state index contributed by atoms with van der Waals surface area (Å²) >= 11 is 0. The van der Waals surface area contributed by atoms with E-state index in [-0.39, 0.29) is 32.7 Å². The average Bonchev–Trinajstić information content (AvgIpc) is 1.89. The van der Waals surface area contributed by atoms with Crippen LogP contribution in [0.4, 0.5) is 0 Å². The summed E-state index contributed by atoms with van der Waals surface area (Å²) in [6, 6.07) is 0.346. The van der Waals surface area contributed by atoms with Crippen LogP contribution in [0.3, 0.4) is 0 Å². The van der Waals surface area contributed by atoms with Gasteiger partial charge in [0.15, 0.2) is 0 Å². The van der Waals surface area contributed by atoms with E-state index in [1.54, 1.807) is 0 Å². The monoisotopic (exact) mass is 212 g/mol. The molecule has 1 radical (unpaired) electrons. The quantitative estimate of drug-likeness (QED) is 0.465. The third-order valence-corrected chi connectivity index (χ3v) is 2.06. The predicted molar refractivity (Wildman–Crippen MR) is 39.6 cm³/mol. The molecule has 2 unspecified atom stereocenters. The van der Waals surface area contributed by atoms with Crippen LogP contribution in [0.1, 0.15) is 25.7 Å². The van der Waals surface area contributed by atoms with Gasteiger partial charge in [0, 0.05) is 32.7 Å². The van der Waals surface area contributed by atoms with E-state index < -0.39 is 0 Å². The van der Waals surface area contributed by atoms with E-state index in [0.29, 0.717) is 12.0 Å². The maximum absolute atomic E-state index is 5.18. The third-order valence-electron chi connectivity index (χ3n) is 2.06. The minimum atomic E-state index is 0. The van der Waals surface area contributed by atoms with Crippen LogP contribution >= 0.6 is 0 Å². The van der Waals surface area contributed by atoms with Gasteiger partial charge in [-0.25, -0.2) is 0 Å². The second-order valence-corrected chi connectivity index (χ2v) is 2.76. The van der Waals surface area contributed by atoms with Crippen molar-refractivity contribution in [2.24, 2.45) is 10.9 Å². The molecule has 0 aromatic heterocycles. The second-order valence-electron chi connectivity index (χ2n) is 2.76. The van der Waals surface area contributed by atoms with Gasteiger partial charge in [0.05, 0.1) is 0 Å². The Labute approximate surface area is 88.6 Å². The van der Waals surface area contributed by atoms with Crippen LogP contribution in [0.15, 0.2) is 4.99 Å². The molecule has 2 atom stereocenters. The normalized spacial score (nSPS) is 32.5. The maximum atomic E-state index is 5.18. The Morgan fingerprint density at radius 2 is 1.90 bits per heavy atom. The van der Waals surface area contributed by atoms with E-state index >= 15 is 0 Å². The fourth-order valence-corrected chi connectivity index (χ4v) is 1.38. The Kier molecular flexibility index (Phi) is 5.85. The standard InChI is InChI=1S/C8H13N.Y/c1-7-5-3-4-6-8(7)9-2;/h2,7-8H,1,3-6H2;/q-2;. The van der Waals surface area contributed by atoms with Gasteiger partial charge in [0.1, 0.15) is 0 Å². The second kappa shape index (κ2) is 5.43. The molecule has 0 spiro atoms. The van der Waals surface area contributed by atoms with Gasteiger partial charge in [-0.2, -0.15) is 5.92 Å². The predicted octanol–water partition coefficient (Wildman–Crippen LogP) is 1.95. The van der Waals surface area contributed by atoms with Gasteiger partial charge < -0.3 is 18.6 Å². The van der Waals surface area contributed by atoms with E-state index in [9.17, 15) is 0 Å². The maximum Gasteiger partial charge on any atom is 0 e. The summed E-state index contributed by atoms with van der Waals surface area (Å²) in [4.78, 5) is 3.77. The molecule has 0 aromatic carbocycles. The number of rotatable bonds is 1. The molecular weight excluding hydrogens is 199 g/mol. The number of hydrogen-bond acceptors (Lipinski definition) is 1. The summed E-state index contributed by atoms with van der Waals surface area (Å²) < 4.78 is 0. The molecule has 1 saturated carbocycles. The first-order valence-electron chi connectivity index (χ1n) is 3.57. The Hall–Kier alpha value is 0.774. The molecule has 0 N–H and O–H groups in total. The van der Waals surface area contributed by atoms with E-state index in [2.05, 4.69) is 11.9 Å². The third kappa shape index (κ3) is 2.79. The number of nitrogens with zero attached hydrogens (tertiary/aromatic N) is 1. The van der Waals surface area contributed by atoms with Crippen LogP contribution in [-0.2, 0) is 32.7 Å². The summed E-state index contributed by atoms with van der Waals surface area (Å²) in [7, 11) is 0. The van der Waals surface area contributed by atoms with Crippen LogP contribution in [0.25, 0.3) is 0 Å². The Morgan fingerprint density at radius 1 is 1.30 bits per heavy atom. The molecule has 0 aliphatic heterocycles. The minimum absolute atomic E-state index is 0. The average molecular weight is 212 g/mol. The van der Waals surface area contributed by atoms with Gasteiger partial charge in [0.2, 0.25) is 0 Å². The van der Waals surface area contributed by atoms with Crippen molar-refractivity contribution in [3.63, 3.8) is 0 Å². The Bertz CT molecular complexity index is 103. The fraction of sp³-hybridized carbons (Fsp3) is 0.750. The van der Waals surface area contributed by atoms with E-state index in [0.717, 1.165) is 6.42 Å². The molecule has 1 nitrogen and oxygen atoms in total. The zero-order valence-electron chi connectivity index (χ0n) is 6.29. The Balaban J connectivity index is 0.000000810. The van der Waals surface area contributed by atoms with E-state index in [4.69, 9.17) is 6.72 Å². The summed E-state index contributed by atoms with van der Waals surface area (Å²) in [5.74, 6) is 0.476. The Morgan fingerprint density at radius 3 is 2.30 bits per heavy atom. The molecule has 0 bridgehead atoms. The van der Waals surface area contributed by atoms with Crippen molar-refractivity contribution in [2.45, 2.75) is 31.7 Å². The summed E-state index contributed by atoms with van der Waals surface area (Å²) in [6.45, 7) is 9.15. The molecule has 1 aliphatic rings. The molecule has 10 heavy (non-hydrogen) atoms. The van der Waals surface area contributed by atoms with Gasteiger partial charge in [-0.3, -0.25) is 0 Å². The van der Waals surface area contributed by atoms with E-state index in [1.165, 1.54) is 19.3 Å². The largest absolute Gasteiger partial charge is 0.505 e. The summed E-state index contributed by atoms with van der Waals surface area (Å²) in [6.07, 6.45) is 4.92. The van der Waals surface area contributed by atoms with Crippen molar-refractivity contribution in [1.82, 2.24) is 0 Å². The van der Waals surface area contributed by atoms with Gasteiger partial charge in [-0.1, -0.05) is 19.3 Å². The van der Waals surface area contributed by atoms with Crippen LogP contribution in [0.5, 0.6) is 0 Å². The topological polar surface area (TPSA) is 12.4 Å². The molecule has 0 heterocycles. The van der Waals surface area contributed by atoms with Crippen LogP contribution in [0, 0.1) is 12.8 Å². The minimum Gasteiger partial charge on any atom is -0.505 e. The number of hydrogen-bond donors (Lipinski definition) is 0. The van der Waals surface area contributed by atoms with Crippen LogP contribution in [0.2, 0.25) is 0 Å². The molecule has 55 valence electrons. The first-order chi connectivity index (χ1) is 4.34. The molecule has 1 aliphatic carbocycles. The number of aliphatic imine (C=N–C) groups is 1. The summed E-state index contributed by atoms with van der Waals surface area (Å²) in [5, 5.41) is 0. The first-order valence-corrected chi connectivity index (χ1v) is 3.57. The van der Waals surface area contributed by atoms with Crippen molar-refractivity contribution in [1.29, 1.82) is 0 Å². The van der Waals surface area contributed by atoms with Crippen molar-refractivity contribution in [2.75, 3.05) is 0 Å². The SMILES string of the molecule is [CH-]=NC1CCCCC1[CH2-].[Y]. The van der Waals surface area contributed by atoms with Crippen molar-refractivity contribution >= 4 is 6.72 Å². The van der Waals surface area contributed by atoms with Crippen molar-refractivity contribution < 1.29 is 32.7 Å². The molecule has 0 saturated heterocycles. The molecule has 0 amide bonds. The molecule has 1 rings (SSSR count).